The maximum atomic E-state index is 12.4. The van der Waals surface area contributed by atoms with Crippen LogP contribution in [0.25, 0.3) is 10.8 Å². The standard InChI is InChI=1S/C17H11Cl3N2O3S/c18-13-7-15(20)17(8-14(13)19)26(24,25)22-21-9-12-11-4-2-1-3-10(11)5-6-16(12)23/h1-9,22-23H. The normalized spacial score (nSPS) is 12.0. The number of sulfonamides is 1. The van der Waals surface area contributed by atoms with E-state index >= 15 is 0 Å². The minimum atomic E-state index is -4.07. The number of aromatic hydroxyl groups is 1. The molecule has 0 aromatic heterocycles. The summed E-state index contributed by atoms with van der Waals surface area (Å²) >= 11 is 17.6. The van der Waals surface area contributed by atoms with Crippen LogP contribution in [0.3, 0.4) is 0 Å². The van der Waals surface area contributed by atoms with Crippen molar-refractivity contribution >= 4 is 61.8 Å². The molecule has 2 N–H and O–H groups in total. The number of benzene rings is 3. The van der Waals surface area contributed by atoms with Gasteiger partial charge in [-0.05, 0) is 29.0 Å². The number of nitrogens with zero attached hydrogens (tertiary/aromatic N) is 1. The van der Waals surface area contributed by atoms with Crippen molar-refractivity contribution in [3.63, 3.8) is 0 Å². The average molecular weight is 430 g/mol. The van der Waals surface area contributed by atoms with E-state index in [2.05, 4.69) is 5.10 Å². The van der Waals surface area contributed by atoms with E-state index in [9.17, 15) is 13.5 Å². The second-order valence-corrected chi connectivity index (χ2v) is 8.12. The van der Waals surface area contributed by atoms with Gasteiger partial charge in [0.15, 0.2) is 0 Å². The van der Waals surface area contributed by atoms with Gasteiger partial charge in [0.2, 0.25) is 0 Å². The minimum Gasteiger partial charge on any atom is -0.507 e. The summed E-state index contributed by atoms with van der Waals surface area (Å²) in [5.41, 5.74) is 0.381. The molecule has 0 spiro atoms. The smallest absolute Gasteiger partial charge is 0.278 e. The Morgan fingerprint density at radius 1 is 0.962 bits per heavy atom. The van der Waals surface area contributed by atoms with Gasteiger partial charge in [0.05, 0.1) is 21.3 Å². The second kappa shape index (κ2) is 7.32. The number of hydrogen-bond acceptors (Lipinski definition) is 4. The molecule has 0 heterocycles. The third-order valence-corrected chi connectivity index (χ3v) is 5.99. The fourth-order valence-electron chi connectivity index (χ4n) is 2.34. The number of halogens is 3. The molecule has 3 aromatic carbocycles. The first-order chi connectivity index (χ1) is 12.3. The van der Waals surface area contributed by atoms with Gasteiger partial charge in [-0.3, -0.25) is 0 Å². The summed E-state index contributed by atoms with van der Waals surface area (Å²) in [6.45, 7) is 0. The SMILES string of the molecule is O=S(=O)(NN=Cc1c(O)ccc2ccccc12)c1cc(Cl)c(Cl)cc1Cl. The van der Waals surface area contributed by atoms with Gasteiger partial charge in [-0.15, -0.1) is 0 Å². The Balaban J connectivity index is 1.94. The van der Waals surface area contributed by atoms with Crippen LogP contribution in [0.5, 0.6) is 5.75 Å². The van der Waals surface area contributed by atoms with E-state index in [4.69, 9.17) is 34.8 Å². The van der Waals surface area contributed by atoms with Crippen molar-refractivity contribution < 1.29 is 13.5 Å². The van der Waals surface area contributed by atoms with Crippen molar-refractivity contribution in [2.75, 3.05) is 0 Å². The highest BCUT2D eigenvalue weighted by molar-refractivity contribution is 7.89. The number of rotatable bonds is 4. The van der Waals surface area contributed by atoms with Gasteiger partial charge in [0.25, 0.3) is 10.0 Å². The van der Waals surface area contributed by atoms with Crippen molar-refractivity contribution in [2.24, 2.45) is 5.10 Å². The van der Waals surface area contributed by atoms with Crippen LogP contribution in [0.15, 0.2) is 58.5 Å². The highest BCUT2D eigenvalue weighted by Crippen LogP contribution is 2.31. The Hall–Kier alpha value is -1.99. The summed E-state index contributed by atoms with van der Waals surface area (Å²) in [5.74, 6) is -0.0285. The first-order valence-corrected chi connectivity index (χ1v) is 9.81. The van der Waals surface area contributed by atoms with E-state index in [0.29, 0.717) is 5.56 Å². The predicted octanol–water partition coefficient (Wildman–Crippen LogP) is 4.82. The van der Waals surface area contributed by atoms with Gasteiger partial charge in [-0.2, -0.15) is 13.5 Å². The Morgan fingerprint density at radius 2 is 1.65 bits per heavy atom. The summed E-state index contributed by atoms with van der Waals surface area (Å²) in [6, 6.07) is 13.0. The lowest BCUT2D eigenvalue weighted by Gasteiger charge is -2.08. The molecule has 0 saturated carbocycles. The van der Waals surface area contributed by atoms with Crippen molar-refractivity contribution in [1.29, 1.82) is 0 Å². The third kappa shape index (κ3) is 3.73. The largest absolute Gasteiger partial charge is 0.507 e. The monoisotopic (exact) mass is 428 g/mol. The van der Waals surface area contributed by atoms with E-state index in [1.165, 1.54) is 18.3 Å². The van der Waals surface area contributed by atoms with Crippen LogP contribution in [-0.2, 0) is 10.0 Å². The molecule has 0 unspecified atom stereocenters. The molecule has 26 heavy (non-hydrogen) atoms. The zero-order valence-electron chi connectivity index (χ0n) is 12.9. The van der Waals surface area contributed by atoms with Gasteiger partial charge in [0, 0.05) is 5.56 Å². The lowest BCUT2D eigenvalue weighted by atomic mass is 10.0. The van der Waals surface area contributed by atoms with Crippen LogP contribution in [0.4, 0.5) is 0 Å². The molecular weight excluding hydrogens is 419 g/mol. The third-order valence-electron chi connectivity index (χ3n) is 3.58. The van der Waals surface area contributed by atoms with Gasteiger partial charge in [-0.1, -0.05) is 65.1 Å². The van der Waals surface area contributed by atoms with Crippen LogP contribution < -0.4 is 4.83 Å². The molecule has 3 aromatic rings. The molecular formula is C17H11Cl3N2O3S. The minimum absolute atomic E-state index is 0.0285. The molecule has 0 aliphatic rings. The van der Waals surface area contributed by atoms with Crippen molar-refractivity contribution in [3.05, 3.63) is 69.2 Å². The first-order valence-electron chi connectivity index (χ1n) is 7.20. The maximum absolute atomic E-state index is 12.4. The second-order valence-electron chi connectivity index (χ2n) is 5.27. The Bertz CT molecular complexity index is 1130. The Morgan fingerprint density at radius 3 is 2.42 bits per heavy atom. The zero-order valence-corrected chi connectivity index (χ0v) is 16.0. The van der Waals surface area contributed by atoms with Gasteiger partial charge in [0.1, 0.15) is 10.6 Å². The summed E-state index contributed by atoms with van der Waals surface area (Å²) in [5, 5.41) is 15.5. The molecule has 3 rings (SSSR count). The van der Waals surface area contributed by atoms with Crippen molar-refractivity contribution in [3.8, 4) is 5.75 Å². The molecule has 0 atom stereocenters. The fourth-order valence-corrected chi connectivity index (χ4v) is 4.13. The molecule has 0 aliphatic heterocycles. The quantitative estimate of drug-likeness (QED) is 0.354. The van der Waals surface area contributed by atoms with E-state index in [0.717, 1.165) is 16.8 Å². The van der Waals surface area contributed by atoms with Crippen LogP contribution >= 0.6 is 34.8 Å². The van der Waals surface area contributed by atoms with Gasteiger partial charge >= 0.3 is 0 Å². The van der Waals surface area contributed by atoms with E-state index < -0.39 is 10.0 Å². The number of nitrogens with one attached hydrogen (secondary N) is 1. The lowest BCUT2D eigenvalue weighted by Crippen LogP contribution is -2.19. The molecule has 5 nitrogen and oxygen atoms in total. The topological polar surface area (TPSA) is 78.8 Å². The van der Waals surface area contributed by atoms with Crippen molar-refractivity contribution in [1.82, 2.24) is 4.83 Å². The Kier molecular flexibility index (Phi) is 5.29. The van der Waals surface area contributed by atoms with Crippen LogP contribution in [0.2, 0.25) is 15.1 Å². The molecule has 9 heteroatoms. The van der Waals surface area contributed by atoms with Crippen molar-refractivity contribution in [2.45, 2.75) is 4.90 Å². The lowest BCUT2D eigenvalue weighted by molar-refractivity contribution is 0.475. The number of phenols is 1. The molecule has 0 bridgehead atoms. The number of phenolic OH excluding ortho intramolecular Hbond substituents is 1. The van der Waals surface area contributed by atoms with Crippen LogP contribution in [-0.4, -0.2) is 19.7 Å². The Labute approximate surface area is 164 Å². The summed E-state index contributed by atoms with van der Waals surface area (Å²) < 4.78 is 24.8. The van der Waals surface area contributed by atoms with E-state index in [-0.39, 0.29) is 25.7 Å². The number of hydrazone groups is 1. The average Bonchev–Trinajstić information content (AvgIpc) is 2.60. The molecule has 0 aliphatic carbocycles. The molecule has 0 radical (unpaired) electrons. The van der Waals surface area contributed by atoms with Crippen LogP contribution in [0.1, 0.15) is 5.56 Å². The molecule has 0 saturated heterocycles. The fraction of sp³-hybridized carbons (Fsp3) is 0. The van der Waals surface area contributed by atoms with Gasteiger partial charge in [-0.25, -0.2) is 4.83 Å². The maximum Gasteiger partial charge on any atom is 0.278 e. The van der Waals surface area contributed by atoms with Gasteiger partial charge < -0.3 is 5.11 Å². The van der Waals surface area contributed by atoms with Crippen LogP contribution in [0, 0.1) is 0 Å². The number of hydrogen-bond donors (Lipinski definition) is 2. The summed E-state index contributed by atoms with van der Waals surface area (Å²) in [6.07, 6.45) is 1.22. The molecule has 0 fully saturated rings. The van der Waals surface area contributed by atoms with E-state index in [1.807, 2.05) is 17.0 Å². The number of fused-ring (bicyclic) bond motifs is 1. The summed E-state index contributed by atoms with van der Waals surface area (Å²) in [4.78, 5) is 1.79. The summed E-state index contributed by atoms with van der Waals surface area (Å²) in [7, 11) is -4.07. The highest BCUT2D eigenvalue weighted by atomic mass is 35.5. The highest BCUT2D eigenvalue weighted by Gasteiger charge is 2.19. The first kappa shape index (κ1) is 18.8. The predicted molar refractivity (Wildman–Crippen MR) is 105 cm³/mol. The molecule has 0 amide bonds. The van der Waals surface area contributed by atoms with E-state index in [1.54, 1.807) is 18.2 Å². The zero-order chi connectivity index (χ0) is 18.9. The molecule has 134 valence electrons.